The molecule has 0 radical (unpaired) electrons. The van der Waals surface area contributed by atoms with Gasteiger partial charge in [-0.2, -0.15) is 0 Å². The molecule has 0 unspecified atom stereocenters. The predicted molar refractivity (Wildman–Crippen MR) is 59.2 cm³/mol. The molecule has 0 spiro atoms. The van der Waals surface area contributed by atoms with Gasteiger partial charge in [-0.25, -0.2) is 22.0 Å². The summed E-state index contributed by atoms with van der Waals surface area (Å²) in [5.74, 6) is -9.33. The van der Waals surface area contributed by atoms with E-state index in [0.717, 1.165) is 13.1 Å². The van der Waals surface area contributed by atoms with E-state index < -0.39 is 34.6 Å². The number of rotatable bonds is 3. The molecule has 0 amide bonds. The first kappa shape index (κ1) is 14.2. The summed E-state index contributed by atoms with van der Waals surface area (Å²) in [5, 5.41) is 3.10. The Balaban J connectivity index is 2.15. The van der Waals surface area contributed by atoms with Gasteiger partial charge in [0, 0.05) is 38.3 Å². The molecule has 19 heavy (non-hydrogen) atoms. The van der Waals surface area contributed by atoms with Crippen LogP contribution >= 0.6 is 0 Å². The second kappa shape index (κ2) is 5.83. The number of nitrogens with one attached hydrogen (secondary N) is 1. The molecular weight excluding hydrogens is 267 g/mol. The van der Waals surface area contributed by atoms with Crippen molar-refractivity contribution in [1.82, 2.24) is 10.2 Å². The molecule has 106 valence electrons. The molecule has 1 saturated heterocycles. The lowest BCUT2D eigenvalue weighted by Crippen LogP contribution is -2.44. The third kappa shape index (κ3) is 2.87. The van der Waals surface area contributed by atoms with E-state index in [2.05, 4.69) is 5.32 Å². The first-order valence-electron chi connectivity index (χ1n) is 5.95. The molecule has 7 heteroatoms. The van der Waals surface area contributed by atoms with Crippen molar-refractivity contribution in [3.05, 3.63) is 34.6 Å². The van der Waals surface area contributed by atoms with Crippen molar-refractivity contribution in [3.8, 4) is 0 Å². The standard InChI is InChI=1S/C12H13F5N2/c13-8-7(1-4-19-5-2-18-3-6-19)9(14)11(16)12(17)10(8)15/h18H,1-6H2. The molecule has 0 atom stereocenters. The monoisotopic (exact) mass is 280 g/mol. The van der Waals surface area contributed by atoms with Crippen LogP contribution in [0.15, 0.2) is 0 Å². The van der Waals surface area contributed by atoms with E-state index in [9.17, 15) is 22.0 Å². The van der Waals surface area contributed by atoms with Gasteiger partial charge in [0.25, 0.3) is 0 Å². The van der Waals surface area contributed by atoms with E-state index >= 15 is 0 Å². The highest BCUT2D eigenvalue weighted by atomic mass is 19.2. The van der Waals surface area contributed by atoms with Crippen LogP contribution in [0.1, 0.15) is 5.56 Å². The maximum absolute atomic E-state index is 13.4. The minimum absolute atomic E-state index is 0.203. The molecule has 1 aliphatic rings. The van der Waals surface area contributed by atoms with E-state index in [1.54, 1.807) is 0 Å². The predicted octanol–water partition coefficient (Wildman–Crippen LogP) is 1.83. The summed E-state index contributed by atoms with van der Waals surface area (Å²) < 4.78 is 65.6. The Kier molecular flexibility index (Phi) is 4.36. The van der Waals surface area contributed by atoms with Crippen LogP contribution in [-0.2, 0) is 6.42 Å². The van der Waals surface area contributed by atoms with E-state index in [4.69, 9.17) is 0 Å². The summed E-state index contributed by atoms with van der Waals surface area (Å²) in [5.41, 5.74) is -0.741. The van der Waals surface area contributed by atoms with Crippen molar-refractivity contribution >= 4 is 0 Å². The van der Waals surface area contributed by atoms with Crippen molar-refractivity contribution in [1.29, 1.82) is 0 Å². The Labute approximate surface area is 107 Å². The van der Waals surface area contributed by atoms with Gasteiger partial charge in [-0.05, 0) is 6.42 Å². The normalized spacial score (nSPS) is 16.9. The maximum Gasteiger partial charge on any atom is 0.200 e. The van der Waals surface area contributed by atoms with Gasteiger partial charge < -0.3 is 10.2 Å². The lowest BCUT2D eigenvalue weighted by atomic mass is 10.1. The minimum atomic E-state index is -2.11. The lowest BCUT2D eigenvalue weighted by Gasteiger charge is -2.27. The lowest BCUT2D eigenvalue weighted by molar-refractivity contribution is 0.241. The van der Waals surface area contributed by atoms with Gasteiger partial charge in [-0.3, -0.25) is 0 Å². The quantitative estimate of drug-likeness (QED) is 0.516. The second-order valence-corrected chi connectivity index (χ2v) is 4.39. The molecule has 0 aromatic heterocycles. The zero-order valence-electron chi connectivity index (χ0n) is 10.1. The first-order chi connectivity index (χ1) is 9.02. The van der Waals surface area contributed by atoms with Crippen molar-refractivity contribution < 1.29 is 22.0 Å². The highest BCUT2D eigenvalue weighted by Crippen LogP contribution is 2.23. The summed E-state index contributed by atoms with van der Waals surface area (Å²) in [4.78, 5) is 1.91. The van der Waals surface area contributed by atoms with Gasteiger partial charge in [-0.1, -0.05) is 0 Å². The molecule has 1 aromatic carbocycles. The fourth-order valence-corrected chi connectivity index (χ4v) is 2.07. The molecule has 0 aliphatic carbocycles. The Morgan fingerprint density at radius 2 is 1.26 bits per heavy atom. The number of nitrogens with zero attached hydrogens (tertiary/aromatic N) is 1. The zero-order chi connectivity index (χ0) is 14.0. The van der Waals surface area contributed by atoms with Crippen molar-refractivity contribution in [2.45, 2.75) is 6.42 Å². The van der Waals surface area contributed by atoms with Crippen LogP contribution in [0.5, 0.6) is 0 Å². The van der Waals surface area contributed by atoms with Crippen LogP contribution in [0.4, 0.5) is 22.0 Å². The van der Waals surface area contributed by atoms with Crippen LogP contribution in [0.3, 0.4) is 0 Å². The zero-order valence-corrected chi connectivity index (χ0v) is 10.1. The molecule has 1 N–H and O–H groups in total. The molecule has 0 bridgehead atoms. The summed E-state index contributed by atoms with van der Waals surface area (Å²) in [7, 11) is 0. The van der Waals surface area contributed by atoms with Crippen molar-refractivity contribution in [2.24, 2.45) is 0 Å². The Bertz CT molecular complexity index is 443. The smallest absolute Gasteiger partial charge is 0.200 e. The third-order valence-electron chi connectivity index (χ3n) is 3.19. The van der Waals surface area contributed by atoms with Gasteiger partial charge in [0.15, 0.2) is 23.3 Å². The van der Waals surface area contributed by atoms with Crippen LogP contribution in [0.25, 0.3) is 0 Å². The Hall–Kier alpha value is -1.21. The average molecular weight is 280 g/mol. The molecule has 1 aromatic rings. The van der Waals surface area contributed by atoms with E-state index in [1.807, 2.05) is 4.90 Å². The number of hydrogen-bond donors (Lipinski definition) is 1. The van der Waals surface area contributed by atoms with Crippen molar-refractivity contribution in [3.63, 3.8) is 0 Å². The molecule has 2 nitrogen and oxygen atoms in total. The second-order valence-electron chi connectivity index (χ2n) is 4.39. The summed E-state index contributed by atoms with van der Waals surface area (Å²) in [6.07, 6.45) is -0.203. The fourth-order valence-electron chi connectivity index (χ4n) is 2.07. The van der Waals surface area contributed by atoms with Crippen molar-refractivity contribution in [2.75, 3.05) is 32.7 Å². The number of hydrogen-bond acceptors (Lipinski definition) is 2. The molecule has 0 saturated carbocycles. The SMILES string of the molecule is Fc1c(F)c(F)c(CCN2CCNCC2)c(F)c1F. The summed E-state index contributed by atoms with van der Waals surface area (Å²) in [6, 6.07) is 0. The summed E-state index contributed by atoms with van der Waals surface area (Å²) >= 11 is 0. The summed E-state index contributed by atoms with van der Waals surface area (Å²) in [6.45, 7) is 3.14. The highest BCUT2D eigenvalue weighted by Gasteiger charge is 2.25. The number of benzene rings is 1. The average Bonchev–Trinajstić information content (AvgIpc) is 2.44. The van der Waals surface area contributed by atoms with Crippen LogP contribution in [0.2, 0.25) is 0 Å². The van der Waals surface area contributed by atoms with Gasteiger partial charge in [-0.15, -0.1) is 0 Å². The number of halogens is 5. The van der Waals surface area contributed by atoms with E-state index in [-0.39, 0.29) is 13.0 Å². The molecule has 2 rings (SSSR count). The van der Waals surface area contributed by atoms with Gasteiger partial charge in [0.1, 0.15) is 0 Å². The largest absolute Gasteiger partial charge is 0.314 e. The maximum atomic E-state index is 13.4. The first-order valence-corrected chi connectivity index (χ1v) is 5.95. The Morgan fingerprint density at radius 3 is 1.79 bits per heavy atom. The van der Waals surface area contributed by atoms with E-state index in [0.29, 0.717) is 13.1 Å². The third-order valence-corrected chi connectivity index (χ3v) is 3.19. The van der Waals surface area contributed by atoms with Crippen LogP contribution in [-0.4, -0.2) is 37.6 Å². The van der Waals surface area contributed by atoms with E-state index in [1.165, 1.54) is 0 Å². The molecule has 1 fully saturated rings. The fraction of sp³-hybridized carbons (Fsp3) is 0.500. The molecule has 1 aliphatic heterocycles. The topological polar surface area (TPSA) is 15.3 Å². The highest BCUT2D eigenvalue weighted by molar-refractivity contribution is 5.24. The molecular formula is C12H13F5N2. The van der Waals surface area contributed by atoms with Crippen LogP contribution in [0, 0.1) is 29.1 Å². The van der Waals surface area contributed by atoms with Crippen LogP contribution < -0.4 is 5.32 Å². The van der Waals surface area contributed by atoms with Gasteiger partial charge in [0.2, 0.25) is 5.82 Å². The Morgan fingerprint density at radius 1 is 0.789 bits per heavy atom. The van der Waals surface area contributed by atoms with Gasteiger partial charge in [0.05, 0.1) is 0 Å². The molecule has 1 heterocycles. The number of piperazine rings is 1. The minimum Gasteiger partial charge on any atom is -0.314 e. The van der Waals surface area contributed by atoms with Gasteiger partial charge >= 0.3 is 0 Å².